The van der Waals surface area contributed by atoms with Gasteiger partial charge in [-0.2, -0.15) is 0 Å². The van der Waals surface area contributed by atoms with Gasteiger partial charge in [-0.05, 0) is 63.3 Å². The van der Waals surface area contributed by atoms with Crippen molar-refractivity contribution in [3.63, 3.8) is 0 Å². The van der Waals surface area contributed by atoms with E-state index in [2.05, 4.69) is 47.8 Å². The molecule has 0 N–H and O–H groups in total. The van der Waals surface area contributed by atoms with Gasteiger partial charge in [-0.3, -0.25) is 0 Å². The first-order valence-corrected chi connectivity index (χ1v) is 10.3. The predicted octanol–water partition coefficient (Wildman–Crippen LogP) is 5.09. The van der Waals surface area contributed by atoms with E-state index in [0.717, 1.165) is 32.0 Å². The van der Waals surface area contributed by atoms with Gasteiger partial charge in [0, 0.05) is 15.2 Å². The van der Waals surface area contributed by atoms with Gasteiger partial charge in [-0.15, -0.1) is 0 Å². The first-order valence-electron chi connectivity index (χ1n) is 5.49. The minimum Gasteiger partial charge on any atom is -0.491 e. The molecule has 0 radical (unpaired) electrons. The van der Waals surface area contributed by atoms with E-state index in [1.807, 2.05) is 12.1 Å². The van der Waals surface area contributed by atoms with Gasteiger partial charge < -0.3 is 4.74 Å². The van der Waals surface area contributed by atoms with Crippen molar-refractivity contribution in [2.75, 3.05) is 12.4 Å². The molecule has 0 aliphatic rings. The lowest BCUT2D eigenvalue weighted by Crippen LogP contribution is -2.01. The van der Waals surface area contributed by atoms with E-state index in [-0.39, 0.29) is 5.75 Å². The highest BCUT2D eigenvalue weighted by Crippen LogP contribution is 2.36. The minimum absolute atomic E-state index is 0.0141. The molecular weight excluding hydrogens is 487 g/mol. The Morgan fingerprint density at radius 2 is 1.63 bits per heavy atom. The van der Waals surface area contributed by atoms with Crippen molar-refractivity contribution >= 4 is 67.5 Å². The Labute approximate surface area is 142 Å². The van der Waals surface area contributed by atoms with Crippen molar-refractivity contribution in [3.05, 3.63) is 25.6 Å². The van der Waals surface area contributed by atoms with Crippen LogP contribution < -0.4 is 4.74 Å². The van der Waals surface area contributed by atoms with Crippen LogP contribution in [0.15, 0.2) is 25.6 Å². The molecule has 8 heteroatoms. The number of halogens is 4. The lowest BCUT2D eigenvalue weighted by atomic mass is 10.3. The molecule has 0 fully saturated rings. The Morgan fingerprint density at radius 3 is 2.16 bits per heavy atom. The second-order valence-electron chi connectivity index (χ2n) is 3.85. The summed E-state index contributed by atoms with van der Waals surface area (Å²) in [6.45, 7) is 0.529. The van der Waals surface area contributed by atoms with Crippen LogP contribution in [0.5, 0.6) is 5.75 Å². The maximum atomic E-state index is 10.7. The molecule has 0 bridgehead atoms. The van der Waals surface area contributed by atoms with Crippen LogP contribution in [0.2, 0.25) is 0 Å². The average molecular weight is 499 g/mol. The maximum Gasteiger partial charge on any atom is 0.232 e. The van der Waals surface area contributed by atoms with Gasteiger partial charge in [-0.1, -0.05) is 15.9 Å². The Hall–Kier alpha value is 0.700. The van der Waals surface area contributed by atoms with Crippen LogP contribution in [0.1, 0.15) is 19.3 Å². The minimum atomic E-state index is -3.37. The Bertz CT molecular complexity index is 511. The molecule has 0 amide bonds. The van der Waals surface area contributed by atoms with Crippen molar-refractivity contribution < 1.29 is 13.2 Å². The highest BCUT2D eigenvalue weighted by molar-refractivity contribution is 9.11. The van der Waals surface area contributed by atoms with Gasteiger partial charge >= 0.3 is 0 Å². The van der Waals surface area contributed by atoms with Crippen LogP contribution in [0, 0.1) is 0 Å². The zero-order valence-corrected chi connectivity index (χ0v) is 16.2. The fourth-order valence-electron chi connectivity index (χ4n) is 1.39. The van der Waals surface area contributed by atoms with Crippen LogP contribution in [0.4, 0.5) is 0 Å². The molecule has 108 valence electrons. The summed E-state index contributed by atoms with van der Waals surface area (Å²) < 4.78 is 29.8. The summed E-state index contributed by atoms with van der Waals surface area (Å²) >= 11 is 10.2. The second-order valence-corrected chi connectivity index (χ2v) is 9.37. The van der Waals surface area contributed by atoms with Crippen molar-refractivity contribution in [1.82, 2.24) is 0 Å². The third-order valence-corrected chi connectivity index (χ3v) is 5.12. The van der Waals surface area contributed by atoms with E-state index in [1.54, 1.807) is 0 Å². The SMILES string of the molecule is O=S(=O)(Cl)CCCCCOc1c(Br)cc(Br)cc1Br. The largest absolute Gasteiger partial charge is 0.491 e. The van der Waals surface area contributed by atoms with E-state index < -0.39 is 9.05 Å². The fraction of sp³-hybridized carbons (Fsp3) is 0.455. The summed E-state index contributed by atoms with van der Waals surface area (Å²) in [4.78, 5) is 0. The highest BCUT2D eigenvalue weighted by Gasteiger charge is 2.08. The normalized spacial score (nSPS) is 11.6. The van der Waals surface area contributed by atoms with E-state index in [4.69, 9.17) is 15.4 Å². The van der Waals surface area contributed by atoms with Gasteiger partial charge in [0.15, 0.2) is 0 Å². The fourth-order valence-corrected chi connectivity index (χ4v) is 4.76. The molecule has 0 unspecified atom stereocenters. The van der Waals surface area contributed by atoms with Crippen LogP contribution in [-0.4, -0.2) is 20.8 Å². The highest BCUT2D eigenvalue weighted by atomic mass is 79.9. The summed E-state index contributed by atoms with van der Waals surface area (Å²) in [5.74, 6) is 0.758. The number of ether oxygens (including phenoxy) is 1. The van der Waals surface area contributed by atoms with Crippen LogP contribution >= 0.6 is 58.5 Å². The van der Waals surface area contributed by atoms with Crippen molar-refractivity contribution in [3.8, 4) is 5.75 Å². The molecule has 3 nitrogen and oxygen atoms in total. The summed E-state index contributed by atoms with van der Waals surface area (Å²) in [6, 6.07) is 3.81. The van der Waals surface area contributed by atoms with E-state index in [9.17, 15) is 8.42 Å². The topological polar surface area (TPSA) is 43.4 Å². The lowest BCUT2D eigenvalue weighted by Gasteiger charge is -2.10. The molecule has 0 aromatic heterocycles. The Kier molecular flexibility index (Phi) is 7.68. The number of hydrogen-bond donors (Lipinski definition) is 0. The standard InChI is InChI=1S/C11H12Br3ClO3S/c12-8-6-9(13)11(10(14)7-8)18-4-2-1-3-5-19(15,16)17/h6-7H,1-5H2. The smallest absolute Gasteiger partial charge is 0.232 e. The molecular formula is C11H12Br3ClO3S. The Morgan fingerprint density at radius 1 is 1.05 bits per heavy atom. The van der Waals surface area contributed by atoms with Gasteiger partial charge in [0.05, 0.1) is 21.3 Å². The molecule has 0 spiro atoms. The zero-order chi connectivity index (χ0) is 14.5. The van der Waals surface area contributed by atoms with E-state index in [0.29, 0.717) is 13.0 Å². The maximum absolute atomic E-state index is 10.7. The monoisotopic (exact) mass is 496 g/mol. The number of rotatable bonds is 7. The quantitative estimate of drug-likeness (QED) is 0.388. The summed E-state index contributed by atoms with van der Waals surface area (Å²) in [5.41, 5.74) is 0. The van der Waals surface area contributed by atoms with Gasteiger partial charge in [0.25, 0.3) is 0 Å². The molecule has 1 aromatic rings. The average Bonchev–Trinajstić information content (AvgIpc) is 2.24. The summed E-state index contributed by atoms with van der Waals surface area (Å²) in [7, 11) is 1.75. The zero-order valence-electron chi connectivity index (χ0n) is 9.84. The van der Waals surface area contributed by atoms with Crippen LogP contribution in [0.3, 0.4) is 0 Å². The third kappa shape index (κ3) is 7.32. The molecule has 0 heterocycles. The third-order valence-electron chi connectivity index (χ3n) is 2.24. The van der Waals surface area contributed by atoms with Crippen molar-refractivity contribution in [2.24, 2.45) is 0 Å². The molecule has 0 atom stereocenters. The molecule has 19 heavy (non-hydrogen) atoms. The number of benzene rings is 1. The molecule has 1 aromatic carbocycles. The van der Waals surface area contributed by atoms with E-state index in [1.165, 1.54) is 0 Å². The first-order chi connectivity index (χ1) is 8.79. The number of hydrogen-bond acceptors (Lipinski definition) is 3. The molecule has 0 aliphatic carbocycles. The lowest BCUT2D eigenvalue weighted by molar-refractivity contribution is 0.302. The van der Waals surface area contributed by atoms with Gasteiger partial charge in [-0.25, -0.2) is 8.42 Å². The van der Waals surface area contributed by atoms with E-state index >= 15 is 0 Å². The predicted molar refractivity (Wildman–Crippen MR) is 88.5 cm³/mol. The van der Waals surface area contributed by atoms with Crippen LogP contribution in [0.25, 0.3) is 0 Å². The molecule has 1 rings (SSSR count). The first kappa shape index (κ1) is 17.8. The van der Waals surface area contributed by atoms with Crippen molar-refractivity contribution in [2.45, 2.75) is 19.3 Å². The summed E-state index contributed by atoms with van der Waals surface area (Å²) in [5, 5.41) is 0. The van der Waals surface area contributed by atoms with Gasteiger partial charge in [0.2, 0.25) is 9.05 Å². The van der Waals surface area contributed by atoms with Crippen molar-refractivity contribution in [1.29, 1.82) is 0 Å². The summed E-state index contributed by atoms with van der Waals surface area (Å²) in [6.07, 6.45) is 2.09. The van der Waals surface area contributed by atoms with Crippen LogP contribution in [-0.2, 0) is 9.05 Å². The molecule has 0 saturated carbocycles. The molecule has 0 aliphatic heterocycles. The van der Waals surface area contributed by atoms with Gasteiger partial charge in [0.1, 0.15) is 5.75 Å². The number of unbranched alkanes of at least 4 members (excludes halogenated alkanes) is 2. The molecule has 0 saturated heterocycles. The second kappa shape index (κ2) is 8.22. The Balaban J connectivity index is 2.34.